The smallest absolute Gasteiger partial charge is 0.139 e. The Morgan fingerprint density at radius 3 is 2.95 bits per heavy atom. The summed E-state index contributed by atoms with van der Waals surface area (Å²) in [6.07, 6.45) is 6.52. The number of aryl methyl sites for hydroxylation is 1. The van der Waals surface area contributed by atoms with E-state index in [9.17, 15) is 4.79 Å². The Morgan fingerprint density at radius 2 is 2.14 bits per heavy atom. The molecule has 0 N–H and O–H groups in total. The summed E-state index contributed by atoms with van der Waals surface area (Å²) in [6, 6.07) is 7.55. The van der Waals surface area contributed by atoms with E-state index in [1.54, 1.807) is 7.11 Å². The number of benzene rings is 1. The molecule has 21 heavy (non-hydrogen) atoms. The average molecular weight is 283 g/mol. The van der Waals surface area contributed by atoms with Gasteiger partial charge in [0.05, 0.1) is 7.11 Å². The van der Waals surface area contributed by atoms with Crippen molar-refractivity contribution in [3.8, 4) is 5.75 Å². The molecule has 2 heteroatoms. The molecule has 4 atom stereocenters. The Balaban J connectivity index is 1.72. The van der Waals surface area contributed by atoms with E-state index in [-0.39, 0.29) is 5.41 Å². The van der Waals surface area contributed by atoms with Crippen LogP contribution in [0, 0.1) is 23.3 Å². The first-order chi connectivity index (χ1) is 10.1. The van der Waals surface area contributed by atoms with Crippen LogP contribution in [0.25, 0.3) is 0 Å². The summed E-state index contributed by atoms with van der Waals surface area (Å²) in [7, 11) is 1.71. The molecule has 0 heterocycles. The minimum absolute atomic E-state index is 0.0241. The van der Waals surface area contributed by atoms with Crippen LogP contribution in [0.3, 0.4) is 0 Å². The van der Waals surface area contributed by atoms with Gasteiger partial charge in [-0.25, -0.2) is 0 Å². The number of rotatable bonds is 1. The van der Waals surface area contributed by atoms with Crippen LogP contribution in [0.1, 0.15) is 56.1 Å². The van der Waals surface area contributed by atoms with Gasteiger partial charge in [0.25, 0.3) is 0 Å². The first-order valence-corrected chi connectivity index (χ1v) is 8.25. The standard InChI is InChI=1S/C19H23O2/c1-19-10-9-14-15(17(19)7-8-18(19)20)6-4-12-3-5-13(21-2)11-16(12)14/h3,11,14-15,17H,4,6-10H2,1-2H3/t14-,15+,17-,19-/m0/s1. The number of ether oxygens (including phenoxy) is 1. The topological polar surface area (TPSA) is 26.3 Å². The summed E-state index contributed by atoms with van der Waals surface area (Å²) in [4.78, 5) is 12.3. The maximum atomic E-state index is 12.3. The highest BCUT2D eigenvalue weighted by Gasteiger charge is 2.54. The second-order valence-corrected chi connectivity index (χ2v) is 7.32. The summed E-state index contributed by atoms with van der Waals surface area (Å²) >= 11 is 0. The summed E-state index contributed by atoms with van der Waals surface area (Å²) in [5.74, 6) is 3.30. The van der Waals surface area contributed by atoms with E-state index < -0.39 is 0 Å². The first kappa shape index (κ1) is 13.4. The summed E-state index contributed by atoms with van der Waals surface area (Å²) in [5.41, 5.74) is 2.90. The summed E-state index contributed by atoms with van der Waals surface area (Å²) in [6.45, 7) is 2.23. The van der Waals surface area contributed by atoms with Crippen LogP contribution in [0.2, 0.25) is 0 Å². The fraction of sp³-hybridized carbons (Fsp3) is 0.632. The first-order valence-electron chi connectivity index (χ1n) is 8.25. The second-order valence-electron chi connectivity index (χ2n) is 7.32. The van der Waals surface area contributed by atoms with Crippen LogP contribution >= 0.6 is 0 Å². The molecule has 2 nitrogen and oxygen atoms in total. The lowest BCUT2D eigenvalue weighted by atomic mass is 9.55. The Kier molecular flexibility index (Phi) is 2.92. The third-order valence-electron chi connectivity index (χ3n) is 6.56. The number of hydrogen-bond donors (Lipinski definition) is 0. The third kappa shape index (κ3) is 1.81. The zero-order valence-electron chi connectivity index (χ0n) is 12.9. The summed E-state index contributed by atoms with van der Waals surface area (Å²) < 4.78 is 5.37. The van der Waals surface area contributed by atoms with Gasteiger partial charge in [-0.15, -0.1) is 0 Å². The van der Waals surface area contributed by atoms with Crippen molar-refractivity contribution in [1.29, 1.82) is 0 Å². The highest BCUT2D eigenvalue weighted by Crippen LogP contribution is 2.59. The maximum absolute atomic E-state index is 12.3. The highest BCUT2D eigenvalue weighted by atomic mass is 16.5. The van der Waals surface area contributed by atoms with Gasteiger partial charge in [0, 0.05) is 17.9 Å². The van der Waals surface area contributed by atoms with Crippen molar-refractivity contribution >= 4 is 5.78 Å². The fourth-order valence-corrected chi connectivity index (χ4v) is 5.37. The van der Waals surface area contributed by atoms with Crippen molar-refractivity contribution in [2.45, 2.75) is 51.4 Å². The van der Waals surface area contributed by atoms with Crippen LogP contribution in [0.4, 0.5) is 0 Å². The predicted molar refractivity (Wildman–Crippen MR) is 81.5 cm³/mol. The molecular formula is C19H23O2. The molecule has 1 aromatic carbocycles. The molecule has 0 unspecified atom stereocenters. The number of Topliss-reactive ketones (excluding diaryl/α,β-unsaturated/α-hetero) is 1. The van der Waals surface area contributed by atoms with Gasteiger partial charge in [0.2, 0.25) is 0 Å². The van der Waals surface area contributed by atoms with E-state index in [0.717, 1.165) is 37.9 Å². The van der Waals surface area contributed by atoms with E-state index in [1.165, 1.54) is 17.5 Å². The molecule has 0 bridgehead atoms. The maximum Gasteiger partial charge on any atom is 0.139 e. The van der Waals surface area contributed by atoms with Crippen molar-refractivity contribution < 1.29 is 9.53 Å². The SMILES string of the molecule is COc1[c]cc2c(c1)[C@H]1CC[C@]3(C)C(=O)CC[C@H]3[C@@H]1CC2. The van der Waals surface area contributed by atoms with Crippen LogP contribution in [0.5, 0.6) is 5.75 Å². The largest absolute Gasteiger partial charge is 0.496 e. The molecule has 3 aliphatic rings. The zero-order chi connectivity index (χ0) is 14.6. The molecule has 1 radical (unpaired) electrons. The van der Waals surface area contributed by atoms with Gasteiger partial charge < -0.3 is 4.74 Å². The van der Waals surface area contributed by atoms with Gasteiger partial charge in [-0.3, -0.25) is 4.79 Å². The fourth-order valence-electron chi connectivity index (χ4n) is 5.37. The molecule has 1 aromatic rings. The van der Waals surface area contributed by atoms with Crippen LogP contribution in [-0.2, 0) is 11.2 Å². The van der Waals surface area contributed by atoms with Gasteiger partial charge in [0.15, 0.2) is 0 Å². The van der Waals surface area contributed by atoms with Crippen molar-refractivity contribution in [3.63, 3.8) is 0 Å². The zero-order valence-corrected chi connectivity index (χ0v) is 12.9. The van der Waals surface area contributed by atoms with Crippen molar-refractivity contribution in [3.05, 3.63) is 29.3 Å². The lowest BCUT2D eigenvalue weighted by molar-refractivity contribution is -0.129. The molecule has 4 rings (SSSR count). The number of methoxy groups -OCH3 is 1. The second kappa shape index (κ2) is 4.59. The molecule has 2 fully saturated rings. The lowest BCUT2D eigenvalue weighted by Crippen LogP contribution is -2.42. The van der Waals surface area contributed by atoms with Gasteiger partial charge in [0.1, 0.15) is 11.5 Å². The Bertz CT molecular complexity index is 591. The lowest BCUT2D eigenvalue weighted by Gasteiger charge is -2.48. The van der Waals surface area contributed by atoms with E-state index in [4.69, 9.17) is 4.74 Å². The number of hydrogen-bond acceptors (Lipinski definition) is 2. The molecule has 0 aromatic heterocycles. The van der Waals surface area contributed by atoms with E-state index in [1.807, 2.05) is 0 Å². The Morgan fingerprint density at radius 1 is 1.29 bits per heavy atom. The molecule has 111 valence electrons. The predicted octanol–water partition coefficient (Wildman–Crippen LogP) is 3.92. The summed E-state index contributed by atoms with van der Waals surface area (Å²) in [5, 5.41) is 0. The van der Waals surface area contributed by atoms with Crippen LogP contribution in [0.15, 0.2) is 12.1 Å². The normalized spacial score (nSPS) is 37.6. The van der Waals surface area contributed by atoms with Gasteiger partial charge in [-0.2, -0.15) is 0 Å². The molecule has 3 aliphatic carbocycles. The minimum Gasteiger partial charge on any atom is -0.496 e. The monoisotopic (exact) mass is 283 g/mol. The van der Waals surface area contributed by atoms with Crippen molar-refractivity contribution in [1.82, 2.24) is 0 Å². The van der Waals surface area contributed by atoms with Gasteiger partial charge in [-0.05, 0) is 73.1 Å². The number of carbonyl (C=O) groups is 1. The molecular weight excluding hydrogens is 260 g/mol. The van der Waals surface area contributed by atoms with Gasteiger partial charge >= 0.3 is 0 Å². The number of carbonyl (C=O) groups excluding carboxylic acids is 1. The van der Waals surface area contributed by atoms with Gasteiger partial charge in [-0.1, -0.05) is 6.92 Å². The quantitative estimate of drug-likeness (QED) is 0.781. The molecule has 0 spiro atoms. The third-order valence-corrected chi connectivity index (χ3v) is 6.56. The van der Waals surface area contributed by atoms with Crippen molar-refractivity contribution in [2.24, 2.45) is 17.3 Å². The number of ketones is 1. The molecule has 0 amide bonds. The number of fused-ring (bicyclic) bond motifs is 5. The van der Waals surface area contributed by atoms with Crippen LogP contribution in [-0.4, -0.2) is 12.9 Å². The van der Waals surface area contributed by atoms with E-state index in [0.29, 0.717) is 23.5 Å². The average Bonchev–Trinajstić information content (AvgIpc) is 2.82. The van der Waals surface area contributed by atoms with E-state index in [2.05, 4.69) is 25.1 Å². The molecule has 0 saturated heterocycles. The van der Waals surface area contributed by atoms with Crippen molar-refractivity contribution in [2.75, 3.05) is 7.11 Å². The molecule has 0 aliphatic heterocycles. The van der Waals surface area contributed by atoms with E-state index >= 15 is 0 Å². The Labute approximate surface area is 126 Å². The van der Waals surface area contributed by atoms with Crippen LogP contribution < -0.4 is 4.74 Å². The highest BCUT2D eigenvalue weighted by molar-refractivity contribution is 5.87. The Hall–Kier alpha value is -1.31. The minimum atomic E-state index is -0.0241. The molecule has 2 saturated carbocycles.